The van der Waals surface area contributed by atoms with Gasteiger partial charge in [-0.25, -0.2) is 4.39 Å². The molecule has 1 saturated carbocycles. The minimum atomic E-state index is -0.949. The van der Waals surface area contributed by atoms with Crippen LogP contribution in [-0.2, 0) is 10.2 Å². The van der Waals surface area contributed by atoms with Crippen LogP contribution in [-0.4, -0.2) is 18.2 Å². The highest BCUT2D eigenvalue weighted by atomic mass is 79.9. The molecule has 98 valence electrons. The predicted molar refractivity (Wildman–Crippen MR) is 68.4 cm³/mol. The second-order valence-corrected chi connectivity index (χ2v) is 5.42. The molecule has 0 amide bonds. The number of aliphatic carboxylic acids is 1. The molecule has 0 radical (unpaired) electrons. The van der Waals surface area contributed by atoms with Crippen LogP contribution in [0.3, 0.4) is 0 Å². The van der Waals surface area contributed by atoms with Gasteiger partial charge in [0.25, 0.3) is 0 Å². The van der Waals surface area contributed by atoms with Crippen molar-refractivity contribution >= 4 is 21.9 Å². The normalized spacial score (nSPS) is 17.7. The lowest BCUT2D eigenvalue weighted by Crippen LogP contribution is -2.32. The molecule has 1 fully saturated rings. The van der Waals surface area contributed by atoms with E-state index in [1.54, 1.807) is 6.07 Å². The second-order valence-electron chi connectivity index (χ2n) is 4.57. The third-order valence-corrected chi connectivity index (χ3v) is 4.21. The molecule has 0 aliphatic heterocycles. The number of hydrogen-bond acceptors (Lipinski definition) is 2. The van der Waals surface area contributed by atoms with Crippen LogP contribution in [0.2, 0.25) is 0 Å². The van der Waals surface area contributed by atoms with Crippen LogP contribution < -0.4 is 4.74 Å². The fraction of sp³-hybridized carbons (Fsp3) is 0.462. The van der Waals surface area contributed by atoms with E-state index in [1.807, 2.05) is 0 Å². The van der Waals surface area contributed by atoms with E-state index in [9.17, 15) is 14.3 Å². The average Bonchev–Trinajstić information content (AvgIpc) is 2.78. The summed E-state index contributed by atoms with van der Waals surface area (Å²) in [7, 11) is 1.38. The topological polar surface area (TPSA) is 46.5 Å². The number of rotatable bonds is 3. The summed E-state index contributed by atoms with van der Waals surface area (Å²) in [5.41, 5.74) is -0.437. The van der Waals surface area contributed by atoms with Crippen molar-refractivity contribution in [3.8, 4) is 5.75 Å². The minimum Gasteiger partial charge on any atom is -0.492 e. The molecular formula is C13H14BrFO3. The minimum absolute atomic E-state index is 0.109. The molecule has 2 rings (SSSR count). The molecule has 1 aromatic rings. The quantitative estimate of drug-likeness (QED) is 0.928. The third kappa shape index (κ3) is 2.00. The summed E-state index contributed by atoms with van der Waals surface area (Å²) in [5.74, 6) is -1.30. The van der Waals surface area contributed by atoms with Crippen molar-refractivity contribution in [3.63, 3.8) is 0 Å². The first-order chi connectivity index (χ1) is 8.51. The van der Waals surface area contributed by atoms with E-state index in [4.69, 9.17) is 4.74 Å². The van der Waals surface area contributed by atoms with Gasteiger partial charge in [0, 0.05) is 0 Å². The average molecular weight is 317 g/mol. The monoisotopic (exact) mass is 316 g/mol. The molecule has 3 nitrogen and oxygen atoms in total. The number of carboxylic acids is 1. The Hall–Kier alpha value is -1.10. The Labute approximate surface area is 113 Å². The number of hydrogen-bond donors (Lipinski definition) is 1. The lowest BCUT2D eigenvalue weighted by molar-refractivity contribution is -0.143. The zero-order valence-corrected chi connectivity index (χ0v) is 11.6. The number of methoxy groups -OCH3 is 1. The Morgan fingerprint density at radius 3 is 2.50 bits per heavy atom. The van der Waals surface area contributed by atoms with Gasteiger partial charge in [0.1, 0.15) is 0 Å². The van der Waals surface area contributed by atoms with Crippen molar-refractivity contribution in [1.82, 2.24) is 0 Å². The standard InChI is InChI=1S/C13H14BrFO3/c1-18-11-9(14)6-8(7-10(11)15)13(12(16)17)4-2-3-5-13/h6-7H,2-5H2,1H3,(H,16,17). The maximum Gasteiger partial charge on any atom is 0.314 e. The van der Waals surface area contributed by atoms with Crippen LogP contribution in [0.4, 0.5) is 4.39 Å². The van der Waals surface area contributed by atoms with Crippen LogP contribution in [0.25, 0.3) is 0 Å². The summed E-state index contributed by atoms with van der Waals surface area (Å²) in [6.45, 7) is 0. The van der Waals surface area contributed by atoms with E-state index in [2.05, 4.69) is 15.9 Å². The lowest BCUT2D eigenvalue weighted by Gasteiger charge is -2.25. The highest BCUT2D eigenvalue weighted by Gasteiger charge is 2.43. The molecule has 1 aromatic carbocycles. The summed E-state index contributed by atoms with van der Waals surface area (Å²) in [6, 6.07) is 2.93. The summed E-state index contributed by atoms with van der Waals surface area (Å²) in [6.07, 6.45) is 2.83. The van der Waals surface area contributed by atoms with E-state index < -0.39 is 17.2 Å². The van der Waals surface area contributed by atoms with Crippen LogP contribution in [0.1, 0.15) is 31.2 Å². The fourth-order valence-electron chi connectivity index (χ4n) is 2.64. The summed E-state index contributed by atoms with van der Waals surface area (Å²) in [4.78, 5) is 11.5. The molecule has 0 aromatic heterocycles. The van der Waals surface area contributed by atoms with E-state index >= 15 is 0 Å². The summed E-state index contributed by atoms with van der Waals surface area (Å²) >= 11 is 3.22. The SMILES string of the molecule is COc1c(F)cc(C2(C(=O)O)CCCC2)cc1Br. The maximum atomic E-state index is 13.9. The Balaban J connectivity index is 2.53. The van der Waals surface area contributed by atoms with Gasteiger partial charge in [0.2, 0.25) is 0 Å². The molecule has 18 heavy (non-hydrogen) atoms. The Morgan fingerprint density at radius 1 is 1.44 bits per heavy atom. The van der Waals surface area contributed by atoms with Crippen LogP contribution in [0.15, 0.2) is 16.6 Å². The van der Waals surface area contributed by atoms with Crippen molar-refractivity contribution in [2.75, 3.05) is 7.11 Å². The van der Waals surface area contributed by atoms with E-state index in [0.29, 0.717) is 22.9 Å². The summed E-state index contributed by atoms with van der Waals surface area (Å²) in [5, 5.41) is 9.46. The van der Waals surface area contributed by atoms with Gasteiger partial charge < -0.3 is 9.84 Å². The highest BCUT2D eigenvalue weighted by molar-refractivity contribution is 9.10. The highest BCUT2D eigenvalue weighted by Crippen LogP contribution is 2.44. The molecule has 0 heterocycles. The Morgan fingerprint density at radius 2 is 2.06 bits per heavy atom. The van der Waals surface area contributed by atoms with Crippen molar-refractivity contribution in [2.45, 2.75) is 31.1 Å². The van der Waals surface area contributed by atoms with Gasteiger partial charge in [-0.1, -0.05) is 12.8 Å². The molecule has 0 saturated heterocycles. The molecular weight excluding hydrogens is 303 g/mol. The van der Waals surface area contributed by atoms with Gasteiger partial charge in [-0.15, -0.1) is 0 Å². The molecule has 0 bridgehead atoms. The van der Waals surface area contributed by atoms with Crippen molar-refractivity contribution < 1.29 is 19.0 Å². The van der Waals surface area contributed by atoms with Gasteiger partial charge in [-0.3, -0.25) is 4.79 Å². The van der Waals surface area contributed by atoms with E-state index in [-0.39, 0.29) is 5.75 Å². The fourth-order valence-corrected chi connectivity index (χ4v) is 3.23. The molecule has 5 heteroatoms. The first-order valence-corrected chi connectivity index (χ1v) is 6.57. The second kappa shape index (κ2) is 4.88. The molecule has 0 unspecified atom stereocenters. The van der Waals surface area contributed by atoms with Gasteiger partial charge >= 0.3 is 5.97 Å². The zero-order chi connectivity index (χ0) is 13.3. The van der Waals surface area contributed by atoms with Gasteiger partial charge in [-0.2, -0.15) is 0 Å². The molecule has 1 aliphatic rings. The maximum absolute atomic E-state index is 13.9. The number of carboxylic acid groups (broad SMARTS) is 1. The number of halogens is 2. The smallest absolute Gasteiger partial charge is 0.314 e. The third-order valence-electron chi connectivity index (χ3n) is 3.62. The van der Waals surface area contributed by atoms with Crippen LogP contribution in [0, 0.1) is 5.82 Å². The Kier molecular flexibility index (Phi) is 3.61. The van der Waals surface area contributed by atoms with Crippen molar-refractivity contribution in [1.29, 1.82) is 0 Å². The summed E-state index contributed by atoms with van der Waals surface area (Å²) < 4.78 is 19.2. The molecule has 1 aliphatic carbocycles. The molecule has 1 N–H and O–H groups in total. The van der Waals surface area contributed by atoms with Gasteiger partial charge in [0.15, 0.2) is 11.6 Å². The number of carbonyl (C=O) groups is 1. The number of ether oxygens (including phenoxy) is 1. The molecule has 0 spiro atoms. The molecule has 0 atom stereocenters. The largest absolute Gasteiger partial charge is 0.492 e. The van der Waals surface area contributed by atoms with Gasteiger partial charge in [-0.05, 0) is 46.5 Å². The zero-order valence-electron chi connectivity index (χ0n) is 10.0. The lowest BCUT2D eigenvalue weighted by atomic mass is 9.79. The number of benzene rings is 1. The predicted octanol–water partition coefficient (Wildman–Crippen LogP) is 3.49. The van der Waals surface area contributed by atoms with Crippen LogP contribution in [0.5, 0.6) is 5.75 Å². The van der Waals surface area contributed by atoms with Crippen molar-refractivity contribution in [3.05, 3.63) is 28.0 Å². The van der Waals surface area contributed by atoms with E-state index in [0.717, 1.165) is 12.8 Å². The van der Waals surface area contributed by atoms with Gasteiger partial charge in [0.05, 0.1) is 17.0 Å². The van der Waals surface area contributed by atoms with Crippen molar-refractivity contribution in [2.24, 2.45) is 0 Å². The Bertz CT molecular complexity index is 458. The van der Waals surface area contributed by atoms with E-state index in [1.165, 1.54) is 13.2 Å². The van der Waals surface area contributed by atoms with Crippen LogP contribution >= 0.6 is 15.9 Å². The first-order valence-electron chi connectivity index (χ1n) is 5.78. The first kappa shape index (κ1) is 13.3.